The molecule has 0 saturated carbocycles. The number of halogens is 4. The van der Waals surface area contributed by atoms with Crippen molar-refractivity contribution in [2.45, 2.75) is 50.2 Å². The van der Waals surface area contributed by atoms with Crippen LogP contribution in [0.2, 0.25) is 5.02 Å². The van der Waals surface area contributed by atoms with Crippen molar-refractivity contribution < 1.29 is 26.3 Å². The topological polar surface area (TPSA) is 125 Å². The second-order valence-electron chi connectivity index (χ2n) is 13.8. The Balaban J connectivity index is 1.28. The van der Waals surface area contributed by atoms with Gasteiger partial charge in [0.1, 0.15) is 41.0 Å². The molecular formula is C33H32ClF3N6O3S2. The molecule has 4 aliphatic heterocycles. The third-order valence-electron chi connectivity index (χ3n) is 10.7. The Morgan fingerprint density at radius 3 is 2.77 bits per heavy atom. The number of benzene rings is 2. The highest BCUT2D eigenvalue weighted by Gasteiger charge is 2.50. The Hall–Kier alpha value is -3.38. The van der Waals surface area contributed by atoms with Gasteiger partial charge in [-0.2, -0.15) is 15.2 Å². The molecule has 2 aromatic carbocycles. The number of nitrogens with two attached hydrogens (primary N) is 1. The van der Waals surface area contributed by atoms with Crippen LogP contribution in [-0.2, 0) is 9.84 Å². The molecule has 0 radical (unpaired) electrons. The second-order valence-corrected chi connectivity index (χ2v) is 17.4. The lowest BCUT2D eigenvalue weighted by atomic mass is 9.79. The van der Waals surface area contributed by atoms with E-state index >= 15 is 4.39 Å². The van der Waals surface area contributed by atoms with E-state index in [0.717, 1.165) is 37.1 Å². The smallest absolute Gasteiger partial charge is 0.319 e. The minimum Gasteiger partial charge on any atom is -0.461 e. The van der Waals surface area contributed by atoms with Gasteiger partial charge in [-0.3, -0.25) is 4.90 Å². The Kier molecular flexibility index (Phi) is 7.52. The van der Waals surface area contributed by atoms with Crippen LogP contribution in [-0.4, -0.2) is 79.3 Å². The number of alkyl halides is 1. The fraction of sp³-hybridized carbons (Fsp3) is 0.485. The van der Waals surface area contributed by atoms with Gasteiger partial charge in [0.15, 0.2) is 15.7 Å². The van der Waals surface area contributed by atoms with Crippen molar-refractivity contribution in [3.63, 3.8) is 0 Å². The fourth-order valence-corrected chi connectivity index (χ4v) is 12.0. The maximum absolute atomic E-state index is 17.0. The number of thiophene rings is 1. The van der Waals surface area contributed by atoms with Gasteiger partial charge in [0.2, 0.25) is 0 Å². The normalized spacial score (nSPS) is 26.9. The first-order chi connectivity index (χ1) is 22.9. The zero-order valence-corrected chi connectivity index (χ0v) is 28.3. The molecule has 2 aromatic heterocycles. The molecule has 6 heterocycles. The summed E-state index contributed by atoms with van der Waals surface area (Å²) in [6, 6.07) is 6.04. The number of nitriles is 1. The third-order valence-corrected chi connectivity index (χ3v) is 13.9. The van der Waals surface area contributed by atoms with E-state index in [-0.39, 0.29) is 66.4 Å². The summed E-state index contributed by atoms with van der Waals surface area (Å²) in [5.41, 5.74) is 5.16. The summed E-state index contributed by atoms with van der Waals surface area (Å²) >= 11 is 7.75. The third kappa shape index (κ3) is 5.07. The summed E-state index contributed by atoms with van der Waals surface area (Å²) in [6.45, 7) is 2.19. The molecule has 2 N–H and O–H groups in total. The van der Waals surface area contributed by atoms with Crippen LogP contribution in [0, 0.1) is 28.4 Å². The lowest BCUT2D eigenvalue weighted by Crippen LogP contribution is -2.45. The van der Waals surface area contributed by atoms with Crippen molar-refractivity contribution in [2.75, 3.05) is 54.9 Å². The van der Waals surface area contributed by atoms with Crippen molar-refractivity contribution in [1.29, 1.82) is 5.26 Å². The zero-order chi connectivity index (χ0) is 33.6. The van der Waals surface area contributed by atoms with E-state index < -0.39 is 38.6 Å². The molecular weight excluding hydrogens is 685 g/mol. The number of anilines is 2. The van der Waals surface area contributed by atoms with Crippen molar-refractivity contribution >= 4 is 64.6 Å². The van der Waals surface area contributed by atoms with E-state index in [1.54, 1.807) is 6.07 Å². The fourth-order valence-electron chi connectivity index (χ4n) is 8.56. The molecule has 4 aromatic rings. The van der Waals surface area contributed by atoms with Crippen molar-refractivity contribution in [1.82, 2.24) is 14.9 Å². The first kappa shape index (κ1) is 31.9. The predicted octanol–water partition coefficient (Wildman–Crippen LogP) is 6.26. The highest BCUT2D eigenvalue weighted by Crippen LogP contribution is 2.47. The molecule has 0 amide bonds. The van der Waals surface area contributed by atoms with E-state index in [4.69, 9.17) is 27.1 Å². The molecule has 15 heteroatoms. The van der Waals surface area contributed by atoms with Gasteiger partial charge < -0.3 is 15.4 Å². The van der Waals surface area contributed by atoms with Crippen LogP contribution in [0.15, 0.2) is 18.2 Å². The summed E-state index contributed by atoms with van der Waals surface area (Å²) < 4.78 is 77.9. The Labute approximate surface area is 284 Å². The Morgan fingerprint density at radius 1 is 1.19 bits per heavy atom. The van der Waals surface area contributed by atoms with Gasteiger partial charge in [0, 0.05) is 47.8 Å². The Morgan fingerprint density at radius 2 is 2.00 bits per heavy atom. The molecule has 4 saturated heterocycles. The number of nitrogens with zero attached hydrogens (tertiary/aromatic N) is 5. The van der Waals surface area contributed by atoms with Crippen LogP contribution in [0.25, 0.3) is 32.1 Å². The maximum atomic E-state index is 17.0. The largest absolute Gasteiger partial charge is 0.461 e. The molecule has 3 atom stereocenters. The minimum absolute atomic E-state index is 0.00400. The van der Waals surface area contributed by atoms with E-state index in [1.807, 2.05) is 11.0 Å². The zero-order valence-electron chi connectivity index (χ0n) is 25.9. The predicted molar refractivity (Wildman–Crippen MR) is 180 cm³/mol. The maximum Gasteiger partial charge on any atom is 0.319 e. The van der Waals surface area contributed by atoms with Gasteiger partial charge in [-0.15, -0.1) is 11.3 Å². The van der Waals surface area contributed by atoms with E-state index in [0.29, 0.717) is 50.1 Å². The summed E-state index contributed by atoms with van der Waals surface area (Å²) in [5.74, 6) is -0.839. The lowest BCUT2D eigenvalue weighted by Gasteiger charge is -2.40. The number of fused-ring (bicyclic) bond motifs is 3. The molecule has 4 aliphatic rings. The first-order valence-electron chi connectivity index (χ1n) is 16.0. The second kappa shape index (κ2) is 11.3. The monoisotopic (exact) mass is 716 g/mol. The number of hydrogen-bond donors (Lipinski definition) is 1. The van der Waals surface area contributed by atoms with Crippen LogP contribution in [0.1, 0.15) is 44.1 Å². The van der Waals surface area contributed by atoms with Crippen LogP contribution in [0.3, 0.4) is 0 Å². The van der Waals surface area contributed by atoms with Crippen LogP contribution < -0.4 is 15.4 Å². The molecule has 8 rings (SSSR count). The van der Waals surface area contributed by atoms with Gasteiger partial charge in [-0.05, 0) is 56.3 Å². The number of hydrogen-bond acceptors (Lipinski definition) is 10. The van der Waals surface area contributed by atoms with Crippen LogP contribution >= 0.6 is 22.9 Å². The Bertz CT molecular complexity index is 2160. The van der Waals surface area contributed by atoms with Crippen molar-refractivity contribution in [3.8, 4) is 23.2 Å². The quantitative estimate of drug-likeness (QED) is 0.255. The highest BCUT2D eigenvalue weighted by atomic mass is 35.5. The van der Waals surface area contributed by atoms with Crippen LogP contribution in [0.4, 0.5) is 24.0 Å². The van der Waals surface area contributed by atoms with Crippen molar-refractivity contribution in [3.05, 3.63) is 40.4 Å². The van der Waals surface area contributed by atoms with Gasteiger partial charge in [-0.25, -0.2) is 21.6 Å². The number of rotatable bonds is 5. The SMILES string of the molecule is N#Cc1c(N)sc2c(F)ccc(-c3c(Cl)cc4c(N5CCCC6(CCS(=O)(=O)C6)C5)nc(OC[C@@]56CCCN5C[C@H](F)C6)nc4c3F)c12. The lowest BCUT2D eigenvalue weighted by molar-refractivity contribution is 0.107. The van der Waals surface area contributed by atoms with Crippen LogP contribution in [0.5, 0.6) is 6.01 Å². The molecule has 252 valence electrons. The van der Waals surface area contributed by atoms with Gasteiger partial charge >= 0.3 is 6.01 Å². The van der Waals surface area contributed by atoms with Gasteiger partial charge in [0.05, 0.1) is 32.3 Å². The number of sulfone groups is 1. The number of aromatic nitrogens is 2. The summed E-state index contributed by atoms with van der Waals surface area (Å²) in [6.07, 6.45) is 3.04. The number of piperidine rings is 1. The standard InChI is InChI=1S/C33H32ClF3N6O3S2/c34-22-11-20-27(26(37)25(22)19-3-4-23(36)28-24(19)21(13-38)29(39)47-28)40-31(46-16-33-6-2-9-43(33)14-18(35)12-33)41-30(20)42-8-1-5-32(15-42)7-10-48(44,45)17-32/h3-4,11,18H,1-2,5-10,12,14-17,39H2/t18-,32?,33+/m1/s1. The average Bonchev–Trinajstić information content (AvgIpc) is 3.76. The van der Waals surface area contributed by atoms with E-state index in [2.05, 4.69) is 9.88 Å². The minimum atomic E-state index is -3.18. The molecule has 0 bridgehead atoms. The molecule has 1 unspecified atom stereocenters. The summed E-state index contributed by atoms with van der Waals surface area (Å²) in [4.78, 5) is 13.4. The highest BCUT2D eigenvalue weighted by molar-refractivity contribution is 7.91. The number of nitrogen functional groups attached to an aromatic ring is 1. The molecule has 1 spiro atoms. The molecule has 9 nitrogen and oxygen atoms in total. The molecule has 48 heavy (non-hydrogen) atoms. The van der Waals surface area contributed by atoms with Crippen molar-refractivity contribution in [2.24, 2.45) is 5.41 Å². The van der Waals surface area contributed by atoms with Gasteiger partial charge in [-0.1, -0.05) is 17.7 Å². The first-order valence-corrected chi connectivity index (χ1v) is 19.0. The summed E-state index contributed by atoms with van der Waals surface area (Å²) in [7, 11) is -3.18. The van der Waals surface area contributed by atoms with E-state index in [1.165, 1.54) is 12.1 Å². The van der Waals surface area contributed by atoms with Gasteiger partial charge in [0.25, 0.3) is 0 Å². The number of ether oxygens (including phenoxy) is 1. The molecule has 4 fully saturated rings. The summed E-state index contributed by atoms with van der Waals surface area (Å²) in [5, 5.41) is 10.4. The van der Waals surface area contributed by atoms with E-state index in [9.17, 15) is 22.5 Å². The average molecular weight is 717 g/mol. The molecule has 0 aliphatic carbocycles.